The molecule has 0 atom stereocenters. The molecule has 1 N–H and O–H groups in total. The Morgan fingerprint density at radius 1 is 0.750 bits per heavy atom. The fourth-order valence-corrected chi connectivity index (χ4v) is 4.22. The van der Waals surface area contributed by atoms with Crippen LogP contribution in [-0.2, 0) is 0 Å². The Labute approximate surface area is 189 Å². The molecule has 0 unspecified atom stereocenters. The minimum absolute atomic E-state index is 0.00811. The van der Waals surface area contributed by atoms with Crippen LogP contribution in [0.1, 0.15) is 26.3 Å². The number of anilines is 1. The minimum Gasteiger partial charge on any atom is -0.380 e. The number of aromatic nitrogens is 2. The molecule has 2 aromatic heterocycles. The number of nitrogens with zero attached hydrogens (tertiary/aromatic N) is 2. The van der Waals surface area contributed by atoms with E-state index >= 15 is 0 Å². The maximum Gasteiger partial charge on any atom is 0.0781 e. The van der Waals surface area contributed by atoms with Crippen LogP contribution in [0, 0.1) is 6.92 Å². The molecule has 0 spiro atoms. The van der Waals surface area contributed by atoms with Gasteiger partial charge in [0.05, 0.1) is 11.2 Å². The number of benzene rings is 3. The van der Waals surface area contributed by atoms with Gasteiger partial charge in [-0.15, -0.1) is 0 Å². The Kier molecular flexibility index (Phi) is 4.90. The molecule has 3 aromatic carbocycles. The summed E-state index contributed by atoms with van der Waals surface area (Å²) in [5, 5.41) is 7.10. The molecule has 32 heavy (non-hydrogen) atoms. The van der Waals surface area contributed by atoms with Crippen LogP contribution in [-0.4, -0.2) is 15.5 Å². The second-order valence-corrected chi connectivity index (χ2v) is 9.38. The highest BCUT2D eigenvalue weighted by atomic mass is 15.0. The van der Waals surface area contributed by atoms with Crippen LogP contribution < -0.4 is 5.32 Å². The smallest absolute Gasteiger partial charge is 0.0781 e. The van der Waals surface area contributed by atoms with Crippen LogP contribution in [0.5, 0.6) is 0 Å². The highest BCUT2D eigenvalue weighted by molar-refractivity contribution is 6.04. The van der Waals surface area contributed by atoms with Gasteiger partial charge in [-0.3, -0.25) is 9.97 Å². The Balaban J connectivity index is 1.66. The van der Waals surface area contributed by atoms with Gasteiger partial charge >= 0.3 is 0 Å². The molecule has 0 fully saturated rings. The van der Waals surface area contributed by atoms with Crippen molar-refractivity contribution in [2.45, 2.75) is 33.2 Å². The SMILES string of the molecule is Cc1ccc(-c2nccc3c(-c4cnc5ccccc5c4)cccc23)cc1NC(C)(C)C. The van der Waals surface area contributed by atoms with Crippen molar-refractivity contribution in [2.75, 3.05) is 5.32 Å². The lowest BCUT2D eigenvalue weighted by Crippen LogP contribution is -2.26. The third-order valence-electron chi connectivity index (χ3n) is 5.73. The average molecular weight is 418 g/mol. The van der Waals surface area contributed by atoms with E-state index in [4.69, 9.17) is 4.98 Å². The highest BCUT2D eigenvalue weighted by Crippen LogP contribution is 2.35. The highest BCUT2D eigenvalue weighted by Gasteiger charge is 2.14. The lowest BCUT2D eigenvalue weighted by molar-refractivity contribution is 0.633. The monoisotopic (exact) mass is 417 g/mol. The first kappa shape index (κ1) is 20.2. The molecule has 0 radical (unpaired) electrons. The van der Waals surface area contributed by atoms with Gasteiger partial charge in [0.15, 0.2) is 0 Å². The number of pyridine rings is 2. The molecular formula is C29H27N3. The third kappa shape index (κ3) is 3.82. The van der Waals surface area contributed by atoms with Gasteiger partial charge < -0.3 is 5.32 Å². The zero-order valence-electron chi connectivity index (χ0n) is 19.0. The van der Waals surface area contributed by atoms with E-state index in [1.54, 1.807) is 0 Å². The van der Waals surface area contributed by atoms with Gasteiger partial charge in [-0.1, -0.05) is 48.5 Å². The zero-order valence-corrected chi connectivity index (χ0v) is 19.0. The molecule has 158 valence electrons. The van der Waals surface area contributed by atoms with Gasteiger partial charge in [-0.25, -0.2) is 0 Å². The van der Waals surface area contributed by atoms with E-state index in [9.17, 15) is 0 Å². The number of fused-ring (bicyclic) bond motifs is 2. The topological polar surface area (TPSA) is 37.8 Å². The molecule has 0 bridgehead atoms. The van der Waals surface area contributed by atoms with Crippen LogP contribution >= 0.6 is 0 Å². The van der Waals surface area contributed by atoms with Gasteiger partial charge in [0.2, 0.25) is 0 Å². The van der Waals surface area contributed by atoms with Crippen molar-refractivity contribution in [3.8, 4) is 22.4 Å². The molecule has 0 aliphatic rings. The summed E-state index contributed by atoms with van der Waals surface area (Å²) < 4.78 is 0. The van der Waals surface area contributed by atoms with Gasteiger partial charge in [-0.05, 0) is 68.5 Å². The molecule has 2 heterocycles. The standard InChI is InChI=1S/C29H27N3/c1-19-12-13-21(17-27(19)32-29(2,3)4)28-25-10-7-9-23(24(25)14-15-30-28)22-16-20-8-5-6-11-26(20)31-18-22/h5-18,32H,1-4H3. The second-order valence-electron chi connectivity index (χ2n) is 9.38. The molecule has 0 amide bonds. The number of hydrogen-bond donors (Lipinski definition) is 1. The second kappa shape index (κ2) is 7.76. The van der Waals surface area contributed by atoms with Crippen LogP contribution in [0.15, 0.2) is 85.2 Å². The van der Waals surface area contributed by atoms with Crippen molar-refractivity contribution in [3.05, 3.63) is 90.8 Å². The predicted molar refractivity (Wildman–Crippen MR) is 136 cm³/mol. The Morgan fingerprint density at radius 3 is 2.44 bits per heavy atom. The number of nitrogens with one attached hydrogen (secondary N) is 1. The summed E-state index contributed by atoms with van der Waals surface area (Å²) in [6.07, 6.45) is 3.88. The van der Waals surface area contributed by atoms with Crippen molar-refractivity contribution in [1.82, 2.24) is 9.97 Å². The molecule has 0 saturated carbocycles. The van der Waals surface area contributed by atoms with E-state index in [-0.39, 0.29) is 5.54 Å². The van der Waals surface area contributed by atoms with Gasteiger partial charge in [-0.2, -0.15) is 0 Å². The number of hydrogen-bond acceptors (Lipinski definition) is 3. The van der Waals surface area contributed by atoms with Crippen LogP contribution in [0.25, 0.3) is 44.1 Å². The maximum absolute atomic E-state index is 4.79. The van der Waals surface area contributed by atoms with Crippen LogP contribution in [0.2, 0.25) is 0 Å². The summed E-state index contributed by atoms with van der Waals surface area (Å²) in [6.45, 7) is 8.68. The Bertz CT molecular complexity index is 1440. The molecule has 0 aliphatic heterocycles. The van der Waals surface area contributed by atoms with Gasteiger partial charge in [0.1, 0.15) is 0 Å². The summed E-state index contributed by atoms with van der Waals surface area (Å²) in [7, 11) is 0. The number of rotatable bonds is 3. The first-order valence-corrected chi connectivity index (χ1v) is 11.0. The normalized spacial score (nSPS) is 11.8. The van der Waals surface area contributed by atoms with Crippen molar-refractivity contribution >= 4 is 27.4 Å². The van der Waals surface area contributed by atoms with E-state index in [0.29, 0.717) is 0 Å². The molecule has 3 heteroatoms. The van der Waals surface area contributed by atoms with Gasteiger partial charge in [0.25, 0.3) is 0 Å². The van der Waals surface area contributed by atoms with E-state index in [1.807, 2.05) is 24.5 Å². The number of para-hydroxylation sites is 1. The van der Waals surface area contributed by atoms with E-state index in [1.165, 1.54) is 16.5 Å². The van der Waals surface area contributed by atoms with Crippen LogP contribution in [0.4, 0.5) is 5.69 Å². The lowest BCUT2D eigenvalue weighted by Gasteiger charge is -2.24. The molecule has 5 aromatic rings. The summed E-state index contributed by atoms with van der Waals surface area (Å²) in [5.74, 6) is 0. The van der Waals surface area contributed by atoms with E-state index < -0.39 is 0 Å². The minimum atomic E-state index is -0.00811. The Hall–Kier alpha value is -3.72. The van der Waals surface area contributed by atoms with Crippen molar-refractivity contribution in [3.63, 3.8) is 0 Å². The summed E-state index contributed by atoms with van der Waals surface area (Å²) in [4.78, 5) is 9.46. The first-order chi connectivity index (χ1) is 15.4. The van der Waals surface area contributed by atoms with E-state index in [0.717, 1.165) is 38.8 Å². The molecule has 0 aliphatic carbocycles. The first-order valence-electron chi connectivity index (χ1n) is 11.0. The molecule has 0 saturated heterocycles. The van der Waals surface area contributed by atoms with Gasteiger partial charge in [0, 0.05) is 45.5 Å². The molecule has 5 rings (SSSR count). The average Bonchev–Trinajstić information content (AvgIpc) is 2.78. The summed E-state index contributed by atoms with van der Waals surface area (Å²) >= 11 is 0. The lowest BCUT2D eigenvalue weighted by atomic mass is 9.95. The maximum atomic E-state index is 4.79. The van der Waals surface area contributed by atoms with E-state index in [2.05, 4.69) is 98.7 Å². The quantitative estimate of drug-likeness (QED) is 0.328. The number of aryl methyl sites for hydroxylation is 1. The fraction of sp³-hybridized carbons (Fsp3) is 0.172. The molecule has 3 nitrogen and oxygen atoms in total. The molecular weight excluding hydrogens is 390 g/mol. The van der Waals surface area contributed by atoms with Crippen molar-refractivity contribution in [1.29, 1.82) is 0 Å². The summed E-state index contributed by atoms with van der Waals surface area (Å²) in [5.41, 5.74) is 7.77. The zero-order chi connectivity index (χ0) is 22.3. The van der Waals surface area contributed by atoms with Crippen molar-refractivity contribution in [2.24, 2.45) is 0 Å². The van der Waals surface area contributed by atoms with Crippen LogP contribution in [0.3, 0.4) is 0 Å². The summed E-state index contributed by atoms with van der Waals surface area (Å²) in [6, 6.07) is 25.5. The van der Waals surface area contributed by atoms with Crippen molar-refractivity contribution < 1.29 is 0 Å². The fourth-order valence-electron chi connectivity index (χ4n) is 4.22. The Morgan fingerprint density at radius 2 is 1.59 bits per heavy atom. The third-order valence-corrected chi connectivity index (χ3v) is 5.73. The predicted octanol–water partition coefficient (Wildman–Crippen LogP) is 7.64. The largest absolute Gasteiger partial charge is 0.380 e.